The molecule has 0 radical (unpaired) electrons. The molecular weight excluding hydrogens is 418 g/mol. The van der Waals surface area contributed by atoms with Crippen LogP contribution in [0.2, 0.25) is 0 Å². The van der Waals surface area contributed by atoms with E-state index in [9.17, 15) is 9.18 Å². The van der Waals surface area contributed by atoms with Crippen LogP contribution in [0.4, 0.5) is 10.1 Å². The quantitative estimate of drug-likeness (QED) is 0.660. The maximum absolute atomic E-state index is 13.1. The Kier molecular flexibility index (Phi) is 5.38. The lowest BCUT2D eigenvalue weighted by atomic mass is 10.1. The van der Waals surface area contributed by atoms with E-state index in [-0.39, 0.29) is 11.7 Å². The number of rotatable bonds is 2. The summed E-state index contributed by atoms with van der Waals surface area (Å²) in [6.07, 6.45) is 0.909. The minimum Gasteiger partial charge on any atom is -0.370 e. The van der Waals surface area contributed by atoms with Gasteiger partial charge in [-0.2, -0.15) is 0 Å². The fourth-order valence-electron chi connectivity index (χ4n) is 2.94. The van der Waals surface area contributed by atoms with Crippen LogP contribution in [0.15, 0.2) is 42.5 Å². The van der Waals surface area contributed by atoms with Gasteiger partial charge in [0.1, 0.15) is 5.82 Å². The SMILES string of the molecule is Cc1ccc(C(=O)N2CCCN(c3ccc(F)cc3)CC2)cc1I. The molecule has 126 valence electrons. The Morgan fingerprint density at radius 2 is 1.79 bits per heavy atom. The minimum absolute atomic E-state index is 0.0915. The zero-order chi connectivity index (χ0) is 17.1. The number of aryl methyl sites for hydroxylation is 1. The van der Waals surface area contributed by atoms with Gasteiger partial charge < -0.3 is 9.80 Å². The highest BCUT2D eigenvalue weighted by molar-refractivity contribution is 14.1. The van der Waals surface area contributed by atoms with Crippen molar-refractivity contribution < 1.29 is 9.18 Å². The van der Waals surface area contributed by atoms with Crippen LogP contribution in [0.3, 0.4) is 0 Å². The van der Waals surface area contributed by atoms with Crippen LogP contribution >= 0.6 is 22.6 Å². The summed E-state index contributed by atoms with van der Waals surface area (Å²) in [5.74, 6) is -0.131. The lowest BCUT2D eigenvalue weighted by Crippen LogP contribution is -2.35. The maximum atomic E-state index is 13.1. The number of anilines is 1. The lowest BCUT2D eigenvalue weighted by molar-refractivity contribution is 0.0767. The van der Waals surface area contributed by atoms with Gasteiger partial charge in [-0.25, -0.2) is 4.39 Å². The highest BCUT2D eigenvalue weighted by Gasteiger charge is 2.20. The smallest absolute Gasteiger partial charge is 0.253 e. The predicted molar refractivity (Wildman–Crippen MR) is 103 cm³/mol. The zero-order valence-electron chi connectivity index (χ0n) is 13.6. The molecule has 1 saturated heterocycles. The molecule has 2 aromatic carbocycles. The molecule has 0 spiro atoms. The summed E-state index contributed by atoms with van der Waals surface area (Å²) in [5.41, 5.74) is 2.95. The lowest BCUT2D eigenvalue weighted by Gasteiger charge is -2.24. The molecule has 1 aliphatic rings. The number of nitrogens with zero attached hydrogens (tertiary/aromatic N) is 2. The van der Waals surface area contributed by atoms with Crippen LogP contribution in [-0.2, 0) is 0 Å². The molecule has 24 heavy (non-hydrogen) atoms. The van der Waals surface area contributed by atoms with E-state index in [4.69, 9.17) is 0 Å². The molecule has 1 heterocycles. The van der Waals surface area contributed by atoms with Gasteiger partial charge in [0.2, 0.25) is 0 Å². The monoisotopic (exact) mass is 438 g/mol. The molecule has 0 aliphatic carbocycles. The maximum Gasteiger partial charge on any atom is 0.253 e. The molecule has 1 aliphatic heterocycles. The molecular formula is C19H20FIN2O. The highest BCUT2D eigenvalue weighted by atomic mass is 127. The van der Waals surface area contributed by atoms with Crippen LogP contribution in [0.25, 0.3) is 0 Å². The fourth-order valence-corrected chi connectivity index (χ4v) is 3.45. The molecule has 3 rings (SSSR count). The summed E-state index contributed by atoms with van der Waals surface area (Å²) in [6, 6.07) is 12.4. The number of amides is 1. The van der Waals surface area contributed by atoms with E-state index < -0.39 is 0 Å². The number of benzene rings is 2. The first-order valence-corrected chi connectivity index (χ1v) is 9.18. The molecule has 0 atom stereocenters. The van der Waals surface area contributed by atoms with Gasteiger partial charge in [-0.3, -0.25) is 4.79 Å². The standard InChI is InChI=1S/C19H20FIN2O/c1-14-3-4-15(13-18(14)21)19(24)23-10-2-9-22(11-12-23)17-7-5-16(20)6-8-17/h3-8,13H,2,9-12H2,1H3. The molecule has 2 aromatic rings. The molecule has 5 heteroatoms. The molecule has 1 fully saturated rings. The van der Waals surface area contributed by atoms with Crippen LogP contribution in [0, 0.1) is 16.3 Å². The Balaban J connectivity index is 1.69. The largest absolute Gasteiger partial charge is 0.370 e. The molecule has 0 saturated carbocycles. The van der Waals surface area contributed by atoms with Gasteiger partial charge in [0.05, 0.1) is 0 Å². The van der Waals surface area contributed by atoms with E-state index in [1.54, 1.807) is 12.1 Å². The Morgan fingerprint density at radius 1 is 1.04 bits per heavy atom. The van der Waals surface area contributed by atoms with Crippen molar-refractivity contribution in [3.63, 3.8) is 0 Å². The van der Waals surface area contributed by atoms with Gasteiger partial charge in [0.15, 0.2) is 0 Å². The first kappa shape index (κ1) is 17.2. The second kappa shape index (κ2) is 7.51. The first-order valence-electron chi connectivity index (χ1n) is 8.10. The average Bonchev–Trinajstić information content (AvgIpc) is 2.83. The van der Waals surface area contributed by atoms with E-state index in [0.717, 1.165) is 40.9 Å². The number of hydrogen-bond acceptors (Lipinski definition) is 2. The minimum atomic E-state index is -0.223. The molecule has 0 unspecified atom stereocenters. The number of halogens is 2. The van der Waals surface area contributed by atoms with Crippen molar-refractivity contribution in [2.45, 2.75) is 13.3 Å². The van der Waals surface area contributed by atoms with E-state index in [1.807, 2.05) is 30.0 Å². The van der Waals surface area contributed by atoms with Crippen LogP contribution < -0.4 is 4.90 Å². The third kappa shape index (κ3) is 3.88. The van der Waals surface area contributed by atoms with Crippen LogP contribution in [0.5, 0.6) is 0 Å². The normalized spacial score (nSPS) is 15.3. The number of hydrogen-bond donors (Lipinski definition) is 0. The number of carbonyl (C=O) groups excluding carboxylic acids is 1. The second-order valence-corrected chi connectivity index (χ2v) is 7.24. The van der Waals surface area contributed by atoms with Gasteiger partial charge in [-0.15, -0.1) is 0 Å². The third-order valence-corrected chi connectivity index (χ3v) is 5.56. The van der Waals surface area contributed by atoms with Crippen molar-refractivity contribution in [2.75, 3.05) is 31.1 Å². The van der Waals surface area contributed by atoms with E-state index >= 15 is 0 Å². The average molecular weight is 438 g/mol. The molecule has 1 amide bonds. The third-order valence-electron chi connectivity index (χ3n) is 4.39. The van der Waals surface area contributed by atoms with Gasteiger partial charge in [0, 0.05) is 41.0 Å². The van der Waals surface area contributed by atoms with Crippen molar-refractivity contribution >= 4 is 34.2 Å². The topological polar surface area (TPSA) is 23.6 Å². The van der Waals surface area contributed by atoms with Crippen LogP contribution in [0.1, 0.15) is 22.3 Å². The van der Waals surface area contributed by atoms with Crippen molar-refractivity contribution in [1.82, 2.24) is 4.90 Å². The molecule has 3 nitrogen and oxygen atoms in total. The zero-order valence-corrected chi connectivity index (χ0v) is 15.8. The van der Waals surface area contributed by atoms with Crippen molar-refractivity contribution in [1.29, 1.82) is 0 Å². The Labute approximate surface area is 155 Å². The van der Waals surface area contributed by atoms with E-state index in [0.29, 0.717) is 6.54 Å². The van der Waals surface area contributed by atoms with Gasteiger partial charge in [-0.1, -0.05) is 6.07 Å². The van der Waals surface area contributed by atoms with Crippen molar-refractivity contribution in [2.24, 2.45) is 0 Å². The summed E-state index contributed by atoms with van der Waals surface area (Å²) in [7, 11) is 0. The van der Waals surface area contributed by atoms with E-state index in [2.05, 4.69) is 27.5 Å². The predicted octanol–water partition coefficient (Wildman–Crippen LogP) is 4.09. The Hall–Kier alpha value is -1.63. The summed E-state index contributed by atoms with van der Waals surface area (Å²) < 4.78 is 14.2. The fraction of sp³-hybridized carbons (Fsp3) is 0.316. The van der Waals surface area contributed by atoms with Crippen LogP contribution in [-0.4, -0.2) is 37.0 Å². The summed E-state index contributed by atoms with van der Waals surface area (Å²) in [5, 5.41) is 0. The van der Waals surface area contributed by atoms with Crippen molar-refractivity contribution in [3.8, 4) is 0 Å². The number of carbonyl (C=O) groups is 1. The summed E-state index contributed by atoms with van der Waals surface area (Å²) >= 11 is 2.27. The Morgan fingerprint density at radius 3 is 2.50 bits per heavy atom. The summed E-state index contributed by atoms with van der Waals surface area (Å²) in [6.45, 7) is 5.12. The van der Waals surface area contributed by atoms with Gasteiger partial charge in [0.25, 0.3) is 5.91 Å². The second-order valence-electron chi connectivity index (χ2n) is 6.07. The highest BCUT2D eigenvalue weighted by Crippen LogP contribution is 2.19. The summed E-state index contributed by atoms with van der Waals surface area (Å²) in [4.78, 5) is 16.9. The molecule has 0 aromatic heterocycles. The Bertz CT molecular complexity index is 733. The first-order chi connectivity index (χ1) is 11.5. The molecule has 0 N–H and O–H groups in total. The molecule has 0 bridgehead atoms. The van der Waals surface area contributed by atoms with Crippen molar-refractivity contribution in [3.05, 3.63) is 63.0 Å². The van der Waals surface area contributed by atoms with Gasteiger partial charge >= 0.3 is 0 Å². The van der Waals surface area contributed by atoms with E-state index in [1.165, 1.54) is 17.7 Å². The van der Waals surface area contributed by atoms with Gasteiger partial charge in [-0.05, 0) is 77.9 Å².